The van der Waals surface area contributed by atoms with Crippen molar-refractivity contribution in [3.05, 3.63) is 52.2 Å². The molecule has 0 saturated carbocycles. The highest BCUT2D eigenvalue weighted by atomic mass is 35.5. The minimum atomic E-state index is -0.999. The molecule has 2 aromatic carbocycles. The van der Waals surface area contributed by atoms with Crippen molar-refractivity contribution in [3.8, 4) is 11.1 Å². The smallest absolute Gasteiger partial charge is 0.339 e. The summed E-state index contributed by atoms with van der Waals surface area (Å²) in [4.78, 5) is 28.3. The monoisotopic (exact) mass is 510 g/mol. The van der Waals surface area contributed by atoms with Crippen LogP contribution in [0.15, 0.2) is 30.3 Å². The highest BCUT2D eigenvalue weighted by Crippen LogP contribution is 2.49. The fraction of sp³-hybridized carbons (Fsp3) is 0.429. The van der Waals surface area contributed by atoms with Crippen LogP contribution < -0.4 is 4.90 Å². The summed E-state index contributed by atoms with van der Waals surface area (Å²) in [6.45, 7) is 10.9. The second-order valence-corrected chi connectivity index (χ2v) is 10.9. The number of methoxy groups -OCH3 is 1. The summed E-state index contributed by atoms with van der Waals surface area (Å²) < 4.78 is 19.5. The van der Waals surface area contributed by atoms with E-state index in [1.54, 1.807) is 0 Å². The van der Waals surface area contributed by atoms with Gasteiger partial charge in [0, 0.05) is 28.2 Å². The molecule has 1 saturated heterocycles. The predicted octanol–water partition coefficient (Wildman–Crippen LogP) is 5.35. The summed E-state index contributed by atoms with van der Waals surface area (Å²) in [5, 5.41) is 1.58. The van der Waals surface area contributed by atoms with Crippen LogP contribution in [0.3, 0.4) is 0 Å². The first-order chi connectivity index (χ1) is 17.0. The predicted molar refractivity (Wildman–Crippen MR) is 140 cm³/mol. The number of morpholine rings is 1. The number of hydrogen-bond donors (Lipinski definition) is 0. The Morgan fingerprint density at radius 3 is 2.53 bits per heavy atom. The van der Waals surface area contributed by atoms with E-state index in [1.165, 1.54) is 7.11 Å². The van der Waals surface area contributed by atoms with Gasteiger partial charge in [-0.1, -0.05) is 23.7 Å². The molecule has 1 fully saturated rings. The van der Waals surface area contributed by atoms with Crippen molar-refractivity contribution in [2.24, 2.45) is 0 Å². The molecule has 190 valence electrons. The van der Waals surface area contributed by atoms with Crippen LogP contribution in [0, 0.1) is 13.8 Å². The van der Waals surface area contributed by atoms with Crippen molar-refractivity contribution < 1.29 is 23.8 Å². The Bertz CT molecular complexity index is 1370. The summed E-state index contributed by atoms with van der Waals surface area (Å²) in [7, 11) is 1.36. The number of rotatable bonds is 4. The van der Waals surface area contributed by atoms with Gasteiger partial charge in [0.05, 0.1) is 36.6 Å². The Hall–Kier alpha value is -2.87. The zero-order valence-corrected chi connectivity index (χ0v) is 22.2. The third-order valence-electron chi connectivity index (χ3n) is 6.91. The number of esters is 1. The van der Waals surface area contributed by atoms with Crippen LogP contribution in [0.5, 0.6) is 0 Å². The maximum absolute atomic E-state index is 13.3. The molecule has 0 radical (unpaired) electrons. The highest BCUT2D eigenvalue weighted by Gasteiger charge is 2.41. The molecule has 7 nitrogen and oxygen atoms in total. The molecule has 2 aliphatic heterocycles. The minimum absolute atomic E-state index is 0.0321. The van der Waals surface area contributed by atoms with E-state index in [0.717, 1.165) is 39.0 Å². The number of aryl methyl sites for hydroxylation is 1. The van der Waals surface area contributed by atoms with Crippen molar-refractivity contribution in [2.75, 3.05) is 25.2 Å². The first-order valence-electron chi connectivity index (χ1n) is 12.1. The molecule has 0 bridgehead atoms. The van der Waals surface area contributed by atoms with E-state index in [9.17, 15) is 9.59 Å². The van der Waals surface area contributed by atoms with Crippen LogP contribution in [-0.4, -0.2) is 48.4 Å². The lowest BCUT2D eigenvalue weighted by Crippen LogP contribution is -2.53. The summed E-state index contributed by atoms with van der Waals surface area (Å²) >= 11 is 6.23. The maximum Gasteiger partial charge on any atom is 0.339 e. The van der Waals surface area contributed by atoms with Gasteiger partial charge >= 0.3 is 5.97 Å². The lowest BCUT2D eigenvalue weighted by Gasteiger charge is -2.42. The molecule has 1 aromatic heterocycles. The first-order valence-corrected chi connectivity index (χ1v) is 12.5. The summed E-state index contributed by atoms with van der Waals surface area (Å²) in [5.74, 6) is -0.580. The number of nitrogens with zero attached hydrogens (tertiary/aromatic N) is 2. The largest absolute Gasteiger partial charge is 0.467 e. The Kier molecular flexibility index (Phi) is 6.14. The Morgan fingerprint density at radius 2 is 1.89 bits per heavy atom. The maximum atomic E-state index is 13.3. The first kappa shape index (κ1) is 24.8. The van der Waals surface area contributed by atoms with Gasteiger partial charge < -0.3 is 23.7 Å². The van der Waals surface area contributed by atoms with Crippen LogP contribution in [-0.2, 0) is 30.3 Å². The molecule has 1 amide bonds. The number of fused-ring (bicyclic) bond motifs is 2. The topological polar surface area (TPSA) is 70.0 Å². The average molecular weight is 511 g/mol. The molecule has 3 aromatic rings. The summed E-state index contributed by atoms with van der Waals surface area (Å²) in [6.07, 6.45) is -0.999. The van der Waals surface area contributed by atoms with E-state index in [0.29, 0.717) is 23.7 Å². The van der Waals surface area contributed by atoms with E-state index in [4.69, 9.17) is 25.8 Å². The molecular formula is C28H31ClN2O5. The molecule has 3 heterocycles. The van der Waals surface area contributed by atoms with Crippen LogP contribution in [0.2, 0.25) is 5.02 Å². The van der Waals surface area contributed by atoms with E-state index >= 15 is 0 Å². The molecule has 0 aliphatic carbocycles. The van der Waals surface area contributed by atoms with Gasteiger partial charge in [-0.2, -0.15) is 0 Å². The number of hydrogen-bond acceptors (Lipinski definition) is 5. The molecule has 36 heavy (non-hydrogen) atoms. The minimum Gasteiger partial charge on any atom is -0.467 e. The molecule has 0 N–H and O–H groups in total. The lowest BCUT2D eigenvalue weighted by molar-refractivity contribution is -0.164. The highest BCUT2D eigenvalue weighted by molar-refractivity contribution is 6.30. The SMILES string of the molecule is COC(=O)[C@@H](OC(C)(C)C)c1c(C)c2c3c(cc(C)n3C[C@H]3COCC(=O)N23)c1-c1ccc(Cl)cc1. The van der Waals surface area contributed by atoms with Crippen LogP contribution in [0.25, 0.3) is 22.0 Å². The third kappa shape index (κ3) is 3.99. The van der Waals surface area contributed by atoms with E-state index < -0.39 is 17.7 Å². The van der Waals surface area contributed by atoms with Gasteiger partial charge in [-0.3, -0.25) is 4.79 Å². The van der Waals surface area contributed by atoms with Crippen LogP contribution in [0.1, 0.15) is 43.7 Å². The van der Waals surface area contributed by atoms with Gasteiger partial charge in [-0.05, 0) is 69.5 Å². The standard InChI is InChI=1S/C28H31ClN2O5/c1-15-11-20-23(17-7-9-18(29)10-8-17)22(26(27(33)34-6)36-28(3,4)5)16(2)24-25(20)30(15)12-19-13-35-14-21(32)31(19)24/h7-11,19,26H,12-14H2,1-6H3/t19-,26-/m0/s1. The third-order valence-corrected chi connectivity index (χ3v) is 7.16. The second kappa shape index (κ2) is 8.91. The zero-order chi connectivity index (χ0) is 25.9. The number of carbonyl (C=O) groups excluding carboxylic acids is 2. The molecule has 5 rings (SSSR count). The number of benzene rings is 2. The van der Waals surface area contributed by atoms with Gasteiger partial charge in [0.1, 0.15) is 6.61 Å². The average Bonchev–Trinajstić information content (AvgIpc) is 3.15. The number of ether oxygens (including phenoxy) is 3. The summed E-state index contributed by atoms with van der Waals surface area (Å²) in [6, 6.07) is 9.58. The van der Waals surface area contributed by atoms with Crippen molar-refractivity contribution in [1.29, 1.82) is 0 Å². The number of aromatic nitrogens is 1. The van der Waals surface area contributed by atoms with Gasteiger partial charge in [-0.15, -0.1) is 0 Å². The normalized spacial score (nSPS) is 18.4. The molecule has 2 atom stereocenters. The van der Waals surface area contributed by atoms with E-state index in [1.807, 2.05) is 56.9 Å². The molecule has 2 aliphatic rings. The molecular weight excluding hydrogens is 480 g/mol. The lowest BCUT2D eigenvalue weighted by atomic mass is 9.86. The molecule has 8 heteroatoms. The van der Waals surface area contributed by atoms with Gasteiger partial charge in [0.15, 0.2) is 6.10 Å². The van der Waals surface area contributed by atoms with Crippen LogP contribution >= 0.6 is 11.6 Å². The van der Waals surface area contributed by atoms with Gasteiger partial charge in [0.25, 0.3) is 5.91 Å². The van der Waals surface area contributed by atoms with E-state index in [-0.39, 0.29) is 18.6 Å². The second-order valence-electron chi connectivity index (χ2n) is 10.5. The molecule has 0 unspecified atom stereocenters. The fourth-order valence-corrected chi connectivity index (χ4v) is 5.64. The summed E-state index contributed by atoms with van der Waals surface area (Å²) in [5.41, 5.74) is 5.51. The Labute approximate surface area is 215 Å². The fourth-order valence-electron chi connectivity index (χ4n) is 5.51. The Morgan fingerprint density at radius 1 is 1.19 bits per heavy atom. The van der Waals surface area contributed by atoms with Crippen molar-refractivity contribution in [1.82, 2.24) is 4.57 Å². The number of carbonyl (C=O) groups is 2. The molecule has 0 spiro atoms. The van der Waals surface area contributed by atoms with E-state index in [2.05, 4.69) is 17.6 Å². The number of amides is 1. The van der Waals surface area contributed by atoms with Crippen LogP contribution in [0.4, 0.5) is 5.69 Å². The number of halogens is 1. The number of anilines is 1. The van der Waals surface area contributed by atoms with Gasteiger partial charge in [-0.25, -0.2) is 4.79 Å². The quantitative estimate of drug-likeness (QED) is 0.442. The van der Waals surface area contributed by atoms with Gasteiger partial charge in [0.2, 0.25) is 0 Å². The zero-order valence-electron chi connectivity index (χ0n) is 21.5. The van der Waals surface area contributed by atoms with Crippen molar-refractivity contribution in [2.45, 2.75) is 58.9 Å². The Balaban J connectivity index is 1.92. The van der Waals surface area contributed by atoms with Crippen molar-refractivity contribution in [3.63, 3.8) is 0 Å². The van der Waals surface area contributed by atoms with Crippen molar-refractivity contribution >= 4 is 40.1 Å².